The van der Waals surface area contributed by atoms with E-state index in [1.165, 1.54) is 15.1 Å². The van der Waals surface area contributed by atoms with Crippen molar-refractivity contribution in [1.82, 2.24) is 14.7 Å². The summed E-state index contributed by atoms with van der Waals surface area (Å²) in [7, 11) is 0. The lowest BCUT2D eigenvalue weighted by molar-refractivity contribution is 0.0673. The summed E-state index contributed by atoms with van der Waals surface area (Å²) in [6, 6.07) is 18.5. The summed E-state index contributed by atoms with van der Waals surface area (Å²) in [5.41, 5.74) is 1.93. The third kappa shape index (κ3) is 2.87. The fourth-order valence-corrected chi connectivity index (χ4v) is 4.98. The van der Waals surface area contributed by atoms with Crippen molar-refractivity contribution in [3.63, 3.8) is 0 Å². The molecule has 4 aromatic rings. The van der Waals surface area contributed by atoms with Crippen molar-refractivity contribution < 1.29 is 4.79 Å². The van der Waals surface area contributed by atoms with Crippen LogP contribution in [0.1, 0.15) is 33.9 Å². The second-order valence-electron chi connectivity index (χ2n) is 7.17. The van der Waals surface area contributed by atoms with Gasteiger partial charge in [-0.25, -0.2) is 0 Å². The number of hydrogen-bond donors (Lipinski definition) is 0. The van der Waals surface area contributed by atoms with E-state index in [-0.39, 0.29) is 17.5 Å². The van der Waals surface area contributed by atoms with Crippen LogP contribution in [0.15, 0.2) is 70.8 Å². The zero-order valence-corrected chi connectivity index (χ0v) is 16.7. The smallest absolute Gasteiger partial charge is 0.279 e. The van der Waals surface area contributed by atoms with Crippen LogP contribution in [0.3, 0.4) is 0 Å². The van der Waals surface area contributed by atoms with Crippen LogP contribution in [0.2, 0.25) is 0 Å². The predicted octanol–water partition coefficient (Wildman–Crippen LogP) is 4.21. The first-order valence-electron chi connectivity index (χ1n) is 9.60. The Bertz CT molecular complexity index is 1280. The lowest BCUT2D eigenvalue weighted by Gasteiger charge is -2.33. The Morgan fingerprint density at radius 2 is 1.76 bits per heavy atom. The van der Waals surface area contributed by atoms with Gasteiger partial charge in [0.1, 0.15) is 0 Å². The number of hydrogen-bond acceptors (Lipinski definition) is 4. The molecular formula is C23H19N3O2S. The van der Waals surface area contributed by atoms with Crippen LogP contribution in [0, 0.1) is 0 Å². The Hall–Kier alpha value is -3.25. The molecule has 1 aliphatic rings. The summed E-state index contributed by atoms with van der Waals surface area (Å²) < 4.78 is 1.33. The molecule has 6 heteroatoms. The standard InChI is InChI=1S/C23H19N3O2S/c1-15-17-12-14-29-20(17)11-13-25(15)23(28)21-18-9-5-6-10-19(18)22(27)26(24-21)16-7-3-2-4-8-16/h2-10,12,14-15H,11,13H2,1H3/t15-/m1/s1. The van der Waals surface area contributed by atoms with Gasteiger partial charge in [0.2, 0.25) is 0 Å². The topological polar surface area (TPSA) is 55.2 Å². The highest BCUT2D eigenvalue weighted by atomic mass is 32.1. The van der Waals surface area contributed by atoms with Crippen LogP contribution in [0.25, 0.3) is 16.5 Å². The number of benzene rings is 2. The van der Waals surface area contributed by atoms with Crippen LogP contribution in [-0.2, 0) is 6.42 Å². The minimum atomic E-state index is -0.227. The van der Waals surface area contributed by atoms with Gasteiger partial charge in [0, 0.05) is 16.8 Å². The summed E-state index contributed by atoms with van der Waals surface area (Å²) in [6.45, 7) is 2.70. The molecule has 1 aliphatic heterocycles. The van der Waals surface area contributed by atoms with Gasteiger partial charge in [-0.1, -0.05) is 36.4 Å². The minimum Gasteiger partial charge on any atom is -0.330 e. The van der Waals surface area contributed by atoms with E-state index in [9.17, 15) is 9.59 Å². The molecule has 0 saturated carbocycles. The van der Waals surface area contributed by atoms with E-state index in [0.29, 0.717) is 28.7 Å². The summed E-state index contributed by atoms with van der Waals surface area (Å²) >= 11 is 1.74. The molecule has 0 spiro atoms. The minimum absolute atomic E-state index is 0.0184. The van der Waals surface area contributed by atoms with Crippen molar-refractivity contribution in [2.75, 3.05) is 6.54 Å². The van der Waals surface area contributed by atoms with Gasteiger partial charge in [-0.2, -0.15) is 9.78 Å². The molecule has 2 aromatic carbocycles. The number of fused-ring (bicyclic) bond motifs is 2. The highest BCUT2D eigenvalue weighted by Gasteiger charge is 2.31. The van der Waals surface area contributed by atoms with E-state index in [1.54, 1.807) is 23.5 Å². The molecule has 2 aromatic heterocycles. The summed E-state index contributed by atoms with van der Waals surface area (Å²) in [6.07, 6.45) is 0.847. The lowest BCUT2D eigenvalue weighted by atomic mass is 10.0. The van der Waals surface area contributed by atoms with Gasteiger partial charge in [0.25, 0.3) is 11.5 Å². The predicted molar refractivity (Wildman–Crippen MR) is 115 cm³/mol. The Morgan fingerprint density at radius 1 is 1.03 bits per heavy atom. The van der Waals surface area contributed by atoms with Gasteiger partial charge in [0.05, 0.1) is 17.1 Å². The number of thiophene rings is 1. The van der Waals surface area contributed by atoms with Gasteiger partial charge >= 0.3 is 0 Å². The van der Waals surface area contributed by atoms with Gasteiger partial charge in [-0.15, -0.1) is 11.3 Å². The van der Waals surface area contributed by atoms with Crippen molar-refractivity contribution in [3.05, 3.63) is 92.5 Å². The maximum atomic E-state index is 13.6. The molecule has 1 amide bonds. The summed E-state index contributed by atoms with van der Waals surface area (Å²) in [5, 5.41) is 7.71. The molecule has 29 heavy (non-hydrogen) atoms. The Kier molecular flexibility index (Phi) is 4.28. The molecule has 0 aliphatic carbocycles. The second kappa shape index (κ2) is 6.97. The van der Waals surface area contributed by atoms with Crippen molar-refractivity contribution in [2.24, 2.45) is 0 Å². The number of aromatic nitrogens is 2. The first kappa shape index (κ1) is 17.8. The zero-order valence-electron chi connectivity index (χ0n) is 15.9. The maximum Gasteiger partial charge on any atom is 0.279 e. The quantitative estimate of drug-likeness (QED) is 0.506. The molecule has 0 saturated heterocycles. The number of amides is 1. The number of para-hydroxylation sites is 1. The molecule has 0 N–H and O–H groups in total. The number of nitrogens with zero attached hydrogens (tertiary/aromatic N) is 3. The van der Waals surface area contributed by atoms with Crippen molar-refractivity contribution >= 4 is 28.0 Å². The van der Waals surface area contributed by atoms with Crippen LogP contribution in [0.5, 0.6) is 0 Å². The Labute approximate surface area is 171 Å². The Balaban J connectivity index is 1.68. The lowest BCUT2D eigenvalue weighted by Crippen LogP contribution is -2.39. The average molecular weight is 401 g/mol. The molecule has 0 fully saturated rings. The van der Waals surface area contributed by atoms with Crippen molar-refractivity contribution in [3.8, 4) is 5.69 Å². The normalized spacial score (nSPS) is 16.0. The maximum absolute atomic E-state index is 13.6. The average Bonchev–Trinajstić information content (AvgIpc) is 3.25. The number of carbonyl (C=O) groups is 1. The second-order valence-corrected chi connectivity index (χ2v) is 8.17. The fourth-order valence-electron chi connectivity index (χ4n) is 4.01. The SMILES string of the molecule is C[C@@H]1c2ccsc2CCN1C(=O)c1nn(-c2ccccc2)c(=O)c2ccccc12. The highest BCUT2D eigenvalue weighted by molar-refractivity contribution is 7.10. The van der Waals surface area contributed by atoms with E-state index in [0.717, 1.165) is 6.42 Å². The molecule has 1 atom stereocenters. The molecular weight excluding hydrogens is 382 g/mol. The molecule has 0 radical (unpaired) electrons. The van der Waals surface area contributed by atoms with E-state index >= 15 is 0 Å². The monoisotopic (exact) mass is 401 g/mol. The Morgan fingerprint density at radius 3 is 2.55 bits per heavy atom. The van der Waals surface area contributed by atoms with Crippen molar-refractivity contribution in [1.29, 1.82) is 0 Å². The third-order valence-electron chi connectivity index (χ3n) is 5.55. The fraction of sp³-hybridized carbons (Fsp3) is 0.174. The molecule has 5 nitrogen and oxygen atoms in total. The van der Waals surface area contributed by atoms with Crippen molar-refractivity contribution in [2.45, 2.75) is 19.4 Å². The summed E-state index contributed by atoms with van der Waals surface area (Å²) in [5.74, 6) is -0.143. The molecule has 3 heterocycles. The van der Waals surface area contributed by atoms with Gasteiger partial charge < -0.3 is 4.90 Å². The van der Waals surface area contributed by atoms with Crippen LogP contribution in [-0.4, -0.2) is 27.1 Å². The van der Waals surface area contributed by atoms with Crippen LogP contribution < -0.4 is 5.56 Å². The van der Waals surface area contributed by atoms with E-state index in [4.69, 9.17) is 0 Å². The van der Waals surface area contributed by atoms with E-state index in [1.807, 2.05) is 47.4 Å². The third-order valence-corrected chi connectivity index (χ3v) is 6.54. The summed E-state index contributed by atoms with van der Waals surface area (Å²) in [4.78, 5) is 29.9. The molecule has 144 valence electrons. The van der Waals surface area contributed by atoms with Gasteiger partial charge in [-0.3, -0.25) is 9.59 Å². The first-order valence-corrected chi connectivity index (χ1v) is 10.5. The largest absolute Gasteiger partial charge is 0.330 e. The highest BCUT2D eigenvalue weighted by Crippen LogP contribution is 2.34. The molecule has 0 unspecified atom stereocenters. The molecule has 0 bridgehead atoms. The first-order chi connectivity index (χ1) is 14.1. The van der Waals surface area contributed by atoms with Crippen LogP contribution >= 0.6 is 11.3 Å². The zero-order chi connectivity index (χ0) is 20.0. The number of rotatable bonds is 2. The number of carbonyl (C=O) groups excluding carboxylic acids is 1. The van der Waals surface area contributed by atoms with E-state index < -0.39 is 0 Å². The van der Waals surface area contributed by atoms with Gasteiger partial charge in [-0.05, 0) is 48.6 Å². The molecule has 5 rings (SSSR count). The van der Waals surface area contributed by atoms with Gasteiger partial charge in [0.15, 0.2) is 5.69 Å². The van der Waals surface area contributed by atoms with Crippen LogP contribution in [0.4, 0.5) is 0 Å². The van der Waals surface area contributed by atoms with E-state index in [2.05, 4.69) is 23.5 Å².